The molecule has 3 heterocycles. The molecule has 0 unspecified atom stereocenters. The van der Waals surface area contributed by atoms with Crippen molar-refractivity contribution in [3.8, 4) is 22.5 Å². The van der Waals surface area contributed by atoms with Crippen LogP contribution in [0.2, 0.25) is 5.02 Å². The summed E-state index contributed by atoms with van der Waals surface area (Å²) in [6, 6.07) is 9.76. The first kappa shape index (κ1) is 17.0. The summed E-state index contributed by atoms with van der Waals surface area (Å²) in [5.41, 5.74) is 10.4. The third-order valence-corrected chi connectivity index (χ3v) is 4.90. The van der Waals surface area contributed by atoms with Crippen LogP contribution in [0.15, 0.2) is 34.9 Å². The zero-order valence-corrected chi connectivity index (χ0v) is 15.5. The normalized spacial score (nSPS) is 17.1. The lowest BCUT2D eigenvalue weighted by Crippen LogP contribution is -2.27. The highest BCUT2D eigenvalue weighted by Crippen LogP contribution is 2.31. The van der Waals surface area contributed by atoms with E-state index in [1.54, 1.807) is 0 Å². The van der Waals surface area contributed by atoms with Crippen LogP contribution in [0.4, 0.5) is 5.95 Å². The number of hydrogen-bond acceptors (Lipinski definition) is 6. The standard InChI is InChI=1S/C19H20ClN5O/c1-11-18(12(2)26-24-11)17-9-16(13-3-5-14(20)6-4-13)22-19(23-17)25-8-7-15(21)10-25/h3-6,9,15H,7-8,10,21H2,1-2H3/t15-/m0/s1. The first-order valence-electron chi connectivity index (χ1n) is 8.60. The summed E-state index contributed by atoms with van der Waals surface area (Å²) in [7, 11) is 0. The maximum Gasteiger partial charge on any atom is 0.226 e. The van der Waals surface area contributed by atoms with Gasteiger partial charge < -0.3 is 15.2 Å². The van der Waals surface area contributed by atoms with Crippen LogP contribution >= 0.6 is 11.6 Å². The minimum atomic E-state index is 0.153. The molecule has 1 aliphatic heterocycles. The molecule has 0 bridgehead atoms. The van der Waals surface area contributed by atoms with Crippen LogP contribution in [0.25, 0.3) is 22.5 Å². The minimum Gasteiger partial charge on any atom is -0.361 e. The number of hydrogen-bond donors (Lipinski definition) is 1. The van der Waals surface area contributed by atoms with Crippen LogP contribution in [-0.4, -0.2) is 34.3 Å². The Kier molecular flexibility index (Phi) is 4.38. The van der Waals surface area contributed by atoms with Gasteiger partial charge in [-0.05, 0) is 38.5 Å². The molecule has 0 amide bonds. The molecular weight excluding hydrogens is 350 g/mol. The Morgan fingerprint density at radius 2 is 1.88 bits per heavy atom. The Balaban J connectivity index is 1.86. The van der Waals surface area contributed by atoms with Gasteiger partial charge in [0.25, 0.3) is 0 Å². The first-order valence-corrected chi connectivity index (χ1v) is 8.98. The number of aromatic nitrogens is 3. The van der Waals surface area contributed by atoms with Crippen LogP contribution < -0.4 is 10.6 Å². The molecule has 0 saturated carbocycles. The fourth-order valence-electron chi connectivity index (χ4n) is 3.29. The van der Waals surface area contributed by atoms with Crippen molar-refractivity contribution in [1.82, 2.24) is 15.1 Å². The lowest BCUT2D eigenvalue weighted by molar-refractivity contribution is 0.393. The quantitative estimate of drug-likeness (QED) is 0.759. The number of anilines is 1. The van der Waals surface area contributed by atoms with Gasteiger partial charge in [0.2, 0.25) is 5.95 Å². The van der Waals surface area contributed by atoms with Gasteiger partial charge in [-0.2, -0.15) is 0 Å². The highest BCUT2D eigenvalue weighted by molar-refractivity contribution is 6.30. The van der Waals surface area contributed by atoms with Crippen molar-refractivity contribution >= 4 is 17.5 Å². The molecule has 0 radical (unpaired) electrons. The first-order chi connectivity index (χ1) is 12.5. The van der Waals surface area contributed by atoms with Gasteiger partial charge in [0.15, 0.2) is 0 Å². The Hall–Kier alpha value is -2.44. The van der Waals surface area contributed by atoms with Gasteiger partial charge in [-0.3, -0.25) is 0 Å². The van der Waals surface area contributed by atoms with E-state index in [-0.39, 0.29) is 6.04 Å². The average molecular weight is 370 g/mol. The molecule has 4 rings (SSSR count). The maximum absolute atomic E-state index is 6.07. The molecule has 1 saturated heterocycles. The molecular formula is C19H20ClN5O. The lowest BCUT2D eigenvalue weighted by Gasteiger charge is -2.18. The van der Waals surface area contributed by atoms with E-state index in [0.717, 1.165) is 53.5 Å². The molecule has 1 fully saturated rings. The van der Waals surface area contributed by atoms with E-state index in [1.807, 2.05) is 44.2 Å². The Bertz CT molecular complexity index is 918. The summed E-state index contributed by atoms with van der Waals surface area (Å²) in [6.45, 7) is 5.42. The lowest BCUT2D eigenvalue weighted by atomic mass is 10.1. The summed E-state index contributed by atoms with van der Waals surface area (Å²) in [4.78, 5) is 11.7. The topological polar surface area (TPSA) is 81.1 Å². The zero-order chi connectivity index (χ0) is 18.3. The van der Waals surface area contributed by atoms with Crippen molar-refractivity contribution in [3.05, 3.63) is 46.8 Å². The van der Waals surface area contributed by atoms with E-state index >= 15 is 0 Å². The smallest absolute Gasteiger partial charge is 0.226 e. The highest BCUT2D eigenvalue weighted by Gasteiger charge is 2.24. The van der Waals surface area contributed by atoms with E-state index in [2.05, 4.69) is 10.1 Å². The van der Waals surface area contributed by atoms with Crippen molar-refractivity contribution < 1.29 is 4.52 Å². The van der Waals surface area contributed by atoms with Gasteiger partial charge in [-0.25, -0.2) is 9.97 Å². The van der Waals surface area contributed by atoms with E-state index < -0.39 is 0 Å². The van der Waals surface area contributed by atoms with Crippen molar-refractivity contribution in [1.29, 1.82) is 0 Å². The molecule has 26 heavy (non-hydrogen) atoms. The van der Waals surface area contributed by atoms with Crippen molar-refractivity contribution in [3.63, 3.8) is 0 Å². The van der Waals surface area contributed by atoms with Gasteiger partial charge >= 0.3 is 0 Å². The summed E-state index contributed by atoms with van der Waals surface area (Å²) in [5.74, 6) is 1.42. The molecule has 1 aromatic carbocycles. The number of nitrogens with two attached hydrogens (primary N) is 1. The average Bonchev–Trinajstić information content (AvgIpc) is 3.21. The third-order valence-electron chi connectivity index (χ3n) is 4.65. The van der Waals surface area contributed by atoms with Crippen LogP contribution in [0.5, 0.6) is 0 Å². The molecule has 0 spiro atoms. The number of benzene rings is 1. The number of nitrogens with zero attached hydrogens (tertiary/aromatic N) is 4. The molecule has 134 valence electrons. The van der Waals surface area contributed by atoms with Gasteiger partial charge in [0, 0.05) is 29.7 Å². The fraction of sp³-hybridized carbons (Fsp3) is 0.316. The van der Waals surface area contributed by atoms with Gasteiger partial charge in [0.1, 0.15) is 5.76 Å². The molecule has 2 aromatic heterocycles. The van der Waals surface area contributed by atoms with E-state index in [0.29, 0.717) is 11.0 Å². The predicted molar refractivity (Wildman–Crippen MR) is 102 cm³/mol. The molecule has 3 aromatic rings. The van der Waals surface area contributed by atoms with Crippen molar-refractivity contribution in [2.45, 2.75) is 26.3 Å². The molecule has 1 aliphatic rings. The molecule has 1 atom stereocenters. The zero-order valence-electron chi connectivity index (χ0n) is 14.7. The van der Waals surface area contributed by atoms with E-state index in [1.165, 1.54) is 0 Å². The maximum atomic E-state index is 6.07. The van der Waals surface area contributed by atoms with Crippen molar-refractivity contribution in [2.24, 2.45) is 5.73 Å². The van der Waals surface area contributed by atoms with Gasteiger partial charge in [-0.15, -0.1) is 0 Å². The monoisotopic (exact) mass is 369 g/mol. The highest BCUT2D eigenvalue weighted by atomic mass is 35.5. The third kappa shape index (κ3) is 3.18. The largest absolute Gasteiger partial charge is 0.361 e. The minimum absolute atomic E-state index is 0.153. The number of aryl methyl sites for hydroxylation is 2. The van der Waals surface area contributed by atoms with Crippen LogP contribution in [0.3, 0.4) is 0 Å². The molecule has 6 nitrogen and oxygen atoms in total. The van der Waals surface area contributed by atoms with Gasteiger partial charge in [0.05, 0.1) is 22.6 Å². The fourth-order valence-corrected chi connectivity index (χ4v) is 3.42. The number of halogens is 1. The molecule has 0 aliphatic carbocycles. The van der Waals surface area contributed by atoms with Crippen LogP contribution in [0.1, 0.15) is 17.9 Å². The Morgan fingerprint density at radius 1 is 1.15 bits per heavy atom. The summed E-state index contributed by atoms with van der Waals surface area (Å²) in [5, 5.41) is 4.75. The SMILES string of the molecule is Cc1noc(C)c1-c1cc(-c2ccc(Cl)cc2)nc(N2CC[C@H](N)C2)n1. The molecule has 2 N–H and O–H groups in total. The molecule has 7 heteroatoms. The van der Waals surface area contributed by atoms with Crippen LogP contribution in [0, 0.1) is 13.8 Å². The van der Waals surface area contributed by atoms with Crippen LogP contribution in [-0.2, 0) is 0 Å². The Labute approximate surface area is 157 Å². The van der Waals surface area contributed by atoms with Gasteiger partial charge in [-0.1, -0.05) is 28.9 Å². The predicted octanol–water partition coefficient (Wildman–Crippen LogP) is 3.61. The second kappa shape index (κ2) is 6.70. The summed E-state index contributed by atoms with van der Waals surface area (Å²) in [6.07, 6.45) is 0.940. The second-order valence-corrected chi connectivity index (χ2v) is 7.08. The summed E-state index contributed by atoms with van der Waals surface area (Å²) < 4.78 is 5.33. The van der Waals surface area contributed by atoms with Crippen molar-refractivity contribution in [2.75, 3.05) is 18.0 Å². The Morgan fingerprint density at radius 3 is 2.50 bits per heavy atom. The number of rotatable bonds is 3. The summed E-state index contributed by atoms with van der Waals surface area (Å²) >= 11 is 6.03. The second-order valence-electron chi connectivity index (χ2n) is 6.64. The van der Waals surface area contributed by atoms with E-state index in [9.17, 15) is 0 Å². The van der Waals surface area contributed by atoms with E-state index in [4.69, 9.17) is 31.8 Å².